The molecule has 0 amide bonds. The summed E-state index contributed by atoms with van der Waals surface area (Å²) in [5.74, 6) is 2.47. The third kappa shape index (κ3) is 4.51. The van der Waals surface area contributed by atoms with Crippen molar-refractivity contribution in [1.29, 1.82) is 0 Å². The second-order valence-electron chi connectivity index (χ2n) is 9.63. The molecule has 0 radical (unpaired) electrons. The van der Waals surface area contributed by atoms with Crippen molar-refractivity contribution >= 4 is 16.6 Å². The first-order chi connectivity index (χ1) is 16.8. The number of fused-ring (bicyclic) bond motifs is 3. The van der Waals surface area contributed by atoms with Crippen LogP contribution in [0.15, 0.2) is 85.1 Å². The van der Waals surface area contributed by atoms with E-state index in [4.69, 9.17) is 9.72 Å². The predicted octanol–water partition coefficient (Wildman–Crippen LogP) is 6.30. The number of nitrogens with zero attached hydrogens (tertiary/aromatic N) is 3. The van der Waals surface area contributed by atoms with Gasteiger partial charge in [-0.3, -0.25) is 9.88 Å². The molecule has 0 aliphatic carbocycles. The summed E-state index contributed by atoms with van der Waals surface area (Å²) in [4.78, 5) is 9.96. The number of aromatic nitrogens is 1. The average molecular weight is 450 g/mol. The zero-order valence-corrected chi connectivity index (χ0v) is 19.6. The van der Waals surface area contributed by atoms with Crippen molar-refractivity contribution in [1.82, 2.24) is 9.88 Å². The van der Waals surface area contributed by atoms with Gasteiger partial charge in [-0.1, -0.05) is 48.5 Å². The van der Waals surface area contributed by atoms with E-state index in [9.17, 15) is 0 Å². The predicted molar refractivity (Wildman–Crippen MR) is 139 cm³/mol. The van der Waals surface area contributed by atoms with Crippen molar-refractivity contribution < 1.29 is 4.74 Å². The van der Waals surface area contributed by atoms with Crippen LogP contribution in [0.1, 0.15) is 24.0 Å². The molecule has 4 nitrogen and oxygen atoms in total. The Bertz CT molecular complexity index is 1250. The number of rotatable bonds is 6. The first kappa shape index (κ1) is 21.2. The van der Waals surface area contributed by atoms with E-state index >= 15 is 0 Å². The Labute approximate surface area is 201 Å². The molecule has 6 rings (SSSR count). The summed E-state index contributed by atoms with van der Waals surface area (Å²) in [7, 11) is 0. The highest BCUT2D eigenvalue weighted by Crippen LogP contribution is 2.38. The first-order valence-electron chi connectivity index (χ1n) is 12.5. The second-order valence-corrected chi connectivity index (χ2v) is 9.63. The van der Waals surface area contributed by atoms with Crippen molar-refractivity contribution in [3.63, 3.8) is 0 Å². The highest BCUT2D eigenvalue weighted by molar-refractivity contribution is 5.95. The van der Waals surface area contributed by atoms with Gasteiger partial charge in [0.1, 0.15) is 11.5 Å². The Balaban J connectivity index is 1.16. The molecule has 1 aromatic heterocycles. The maximum Gasteiger partial charge on any atom is 0.128 e. The maximum atomic E-state index is 6.14. The number of anilines is 1. The molecule has 0 atom stereocenters. The van der Waals surface area contributed by atoms with Crippen molar-refractivity contribution in [3.05, 3.63) is 96.2 Å². The summed E-state index contributed by atoms with van der Waals surface area (Å²) >= 11 is 0. The smallest absolute Gasteiger partial charge is 0.128 e. The van der Waals surface area contributed by atoms with Gasteiger partial charge in [0.05, 0.1) is 11.2 Å². The van der Waals surface area contributed by atoms with E-state index < -0.39 is 0 Å². The monoisotopic (exact) mass is 449 g/mol. The molecule has 0 spiro atoms. The summed E-state index contributed by atoms with van der Waals surface area (Å²) in [5.41, 5.74) is 5.20. The quantitative estimate of drug-likeness (QED) is 0.345. The average Bonchev–Trinajstić information content (AvgIpc) is 3.30. The fourth-order valence-electron chi connectivity index (χ4n) is 5.47. The van der Waals surface area contributed by atoms with Crippen LogP contribution in [0.3, 0.4) is 0 Å². The molecule has 3 heterocycles. The van der Waals surface area contributed by atoms with Crippen molar-refractivity contribution in [2.45, 2.75) is 25.8 Å². The number of likely N-dealkylation sites (tertiary alicyclic amines) is 1. The highest BCUT2D eigenvalue weighted by Gasteiger charge is 2.27. The topological polar surface area (TPSA) is 28.6 Å². The molecule has 3 aromatic carbocycles. The maximum absolute atomic E-state index is 6.14. The molecule has 1 fully saturated rings. The third-order valence-electron chi connectivity index (χ3n) is 7.27. The molecule has 2 aliphatic rings. The SMILES string of the molecule is c1ccc(CN2CCC(CN3CCc4cnc5ccc(Oc6ccccc6)cc5c43)CC2)cc1. The van der Waals surface area contributed by atoms with Gasteiger partial charge in [0.15, 0.2) is 0 Å². The van der Waals surface area contributed by atoms with Crippen molar-refractivity contribution in [2.24, 2.45) is 5.92 Å². The number of benzene rings is 3. The third-order valence-corrected chi connectivity index (χ3v) is 7.27. The Kier molecular flexibility index (Phi) is 5.90. The van der Waals surface area contributed by atoms with Gasteiger partial charge in [-0.15, -0.1) is 0 Å². The lowest BCUT2D eigenvalue weighted by molar-refractivity contribution is 0.179. The van der Waals surface area contributed by atoms with Crippen LogP contribution in [-0.2, 0) is 13.0 Å². The van der Waals surface area contributed by atoms with Crippen LogP contribution in [-0.4, -0.2) is 36.1 Å². The Hall–Kier alpha value is -3.37. The van der Waals surface area contributed by atoms with Gasteiger partial charge in [0.25, 0.3) is 0 Å². The van der Waals surface area contributed by atoms with Crippen LogP contribution in [0.5, 0.6) is 11.5 Å². The van der Waals surface area contributed by atoms with Gasteiger partial charge in [0, 0.05) is 31.2 Å². The lowest BCUT2D eigenvalue weighted by Gasteiger charge is -2.34. The molecular formula is C30H31N3O. The van der Waals surface area contributed by atoms with Gasteiger partial charge < -0.3 is 9.64 Å². The van der Waals surface area contributed by atoms with Crippen molar-refractivity contribution in [2.75, 3.05) is 31.1 Å². The molecule has 1 saturated heterocycles. The van der Waals surface area contributed by atoms with E-state index in [0.29, 0.717) is 0 Å². The van der Waals surface area contributed by atoms with E-state index in [2.05, 4.69) is 58.5 Å². The van der Waals surface area contributed by atoms with E-state index in [0.717, 1.165) is 49.0 Å². The lowest BCUT2D eigenvalue weighted by atomic mass is 9.95. The minimum Gasteiger partial charge on any atom is -0.457 e. The van der Waals surface area contributed by atoms with Crippen LogP contribution < -0.4 is 9.64 Å². The second kappa shape index (κ2) is 9.47. The first-order valence-corrected chi connectivity index (χ1v) is 12.5. The summed E-state index contributed by atoms with van der Waals surface area (Å²) in [6.45, 7) is 5.67. The number of para-hydroxylation sites is 1. The van der Waals surface area contributed by atoms with E-state index in [1.807, 2.05) is 36.4 Å². The summed E-state index contributed by atoms with van der Waals surface area (Å²) in [6, 6.07) is 27.1. The fraction of sp³-hybridized carbons (Fsp3) is 0.300. The molecule has 172 valence electrons. The summed E-state index contributed by atoms with van der Waals surface area (Å²) in [5, 5.41) is 1.21. The zero-order valence-electron chi connectivity index (χ0n) is 19.6. The summed E-state index contributed by atoms with van der Waals surface area (Å²) in [6.07, 6.45) is 5.70. The molecule has 4 heteroatoms. The van der Waals surface area contributed by atoms with E-state index in [-0.39, 0.29) is 0 Å². The minimum absolute atomic E-state index is 0.741. The molecule has 4 aromatic rings. The molecule has 0 bridgehead atoms. The van der Waals surface area contributed by atoms with Crippen LogP contribution in [0.25, 0.3) is 10.9 Å². The summed E-state index contributed by atoms with van der Waals surface area (Å²) < 4.78 is 6.14. The van der Waals surface area contributed by atoms with Crippen LogP contribution >= 0.6 is 0 Å². The molecule has 2 aliphatic heterocycles. The number of pyridine rings is 1. The minimum atomic E-state index is 0.741. The van der Waals surface area contributed by atoms with Crippen LogP contribution in [0.4, 0.5) is 5.69 Å². The fourth-order valence-corrected chi connectivity index (χ4v) is 5.47. The Morgan fingerprint density at radius 3 is 2.38 bits per heavy atom. The van der Waals surface area contributed by atoms with Crippen LogP contribution in [0.2, 0.25) is 0 Å². The number of ether oxygens (including phenoxy) is 1. The van der Waals surface area contributed by atoms with Crippen LogP contribution in [0, 0.1) is 5.92 Å². The number of hydrogen-bond donors (Lipinski definition) is 0. The largest absolute Gasteiger partial charge is 0.457 e. The number of piperidine rings is 1. The van der Waals surface area contributed by atoms with Gasteiger partial charge in [-0.2, -0.15) is 0 Å². The zero-order chi connectivity index (χ0) is 22.7. The molecule has 0 unspecified atom stereocenters. The highest BCUT2D eigenvalue weighted by atomic mass is 16.5. The van der Waals surface area contributed by atoms with Gasteiger partial charge in [0.2, 0.25) is 0 Å². The van der Waals surface area contributed by atoms with E-state index in [1.54, 1.807) is 0 Å². The molecule has 0 N–H and O–H groups in total. The molecule has 34 heavy (non-hydrogen) atoms. The molecular weight excluding hydrogens is 418 g/mol. The van der Waals surface area contributed by atoms with Gasteiger partial charge >= 0.3 is 0 Å². The van der Waals surface area contributed by atoms with Gasteiger partial charge in [-0.05, 0) is 79.7 Å². The van der Waals surface area contributed by atoms with Crippen molar-refractivity contribution in [3.8, 4) is 11.5 Å². The Morgan fingerprint density at radius 2 is 1.59 bits per heavy atom. The Morgan fingerprint density at radius 1 is 0.824 bits per heavy atom. The number of hydrogen-bond acceptors (Lipinski definition) is 4. The van der Waals surface area contributed by atoms with Gasteiger partial charge in [-0.25, -0.2) is 0 Å². The standard InChI is InChI=1S/C30H31N3O/c1-3-7-23(8-4-1)21-32-16-13-24(14-17-32)22-33-18-15-25-20-31-29-12-11-27(19-28(29)30(25)33)34-26-9-5-2-6-10-26/h1-12,19-20,24H,13-18,21-22H2. The lowest BCUT2D eigenvalue weighted by Crippen LogP contribution is -2.38. The molecule has 0 saturated carbocycles. The normalized spacial score (nSPS) is 16.6. The van der Waals surface area contributed by atoms with E-state index in [1.165, 1.54) is 48.1 Å².